The summed E-state index contributed by atoms with van der Waals surface area (Å²) in [5.74, 6) is 0. The van der Waals surface area contributed by atoms with Crippen LogP contribution in [-0.2, 0) is 5.41 Å². The van der Waals surface area contributed by atoms with Crippen molar-refractivity contribution in [2.45, 2.75) is 26.2 Å². The molecule has 0 fully saturated rings. The van der Waals surface area contributed by atoms with Crippen molar-refractivity contribution in [3.8, 4) is 0 Å². The average molecular weight is 187 g/mol. The monoisotopic (exact) mass is 187 g/mol. The Balaban J connectivity index is 3.02. The van der Waals surface area contributed by atoms with Crippen LogP contribution in [0.25, 0.3) is 0 Å². The molecule has 1 heteroatoms. The van der Waals surface area contributed by atoms with Gasteiger partial charge in [-0.1, -0.05) is 50.3 Å². The minimum atomic E-state index is -0.201. The Kier molecular flexibility index (Phi) is 3.23. The fourth-order valence-corrected chi connectivity index (χ4v) is 1.39. The molecule has 0 heterocycles. The summed E-state index contributed by atoms with van der Waals surface area (Å²) >= 11 is 0. The summed E-state index contributed by atoms with van der Waals surface area (Å²) in [5.41, 5.74) is 1.63. The van der Waals surface area contributed by atoms with Gasteiger partial charge in [0.05, 0.1) is 0 Å². The van der Waals surface area contributed by atoms with Crippen molar-refractivity contribution in [1.82, 2.24) is 0 Å². The van der Waals surface area contributed by atoms with Gasteiger partial charge in [-0.2, -0.15) is 0 Å². The highest BCUT2D eigenvalue weighted by atomic mass is 14.5. The molecule has 0 spiro atoms. The standard InChI is InChI=1S/C13H17N/c1-4-8-12(14)13(2,3)11-9-6-5-7-10-11/h4-10,14H,1-3H3/b8-4-,14-12?. The lowest BCUT2D eigenvalue weighted by atomic mass is 9.80. The predicted molar refractivity (Wildman–Crippen MR) is 62.0 cm³/mol. The zero-order chi connectivity index (χ0) is 10.6. The average Bonchev–Trinajstić information content (AvgIpc) is 2.19. The molecule has 1 aromatic rings. The summed E-state index contributed by atoms with van der Waals surface area (Å²) < 4.78 is 0. The maximum atomic E-state index is 7.94. The van der Waals surface area contributed by atoms with E-state index in [9.17, 15) is 0 Å². The molecule has 1 nitrogen and oxygen atoms in total. The van der Waals surface area contributed by atoms with E-state index in [-0.39, 0.29) is 5.41 Å². The number of rotatable bonds is 3. The number of nitrogens with one attached hydrogen (secondary N) is 1. The first-order chi connectivity index (χ1) is 6.59. The van der Waals surface area contributed by atoms with Crippen LogP contribution >= 0.6 is 0 Å². The summed E-state index contributed by atoms with van der Waals surface area (Å²) in [7, 11) is 0. The Hall–Kier alpha value is -1.37. The molecule has 0 aliphatic heterocycles. The van der Waals surface area contributed by atoms with E-state index in [0.29, 0.717) is 5.71 Å². The predicted octanol–water partition coefficient (Wildman–Crippen LogP) is 3.56. The van der Waals surface area contributed by atoms with Gasteiger partial charge in [0.25, 0.3) is 0 Å². The van der Waals surface area contributed by atoms with E-state index in [1.807, 2.05) is 37.3 Å². The van der Waals surface area contributed by atoms with Crippen LogP contribution in [0.2, 0.25) is 0 Å². The third-order valence-electron chi connectivity index (χ3n) is 2.50. The van der Waals surface area contributed by atoms with Crippen molar-refractivity contribution in [2.24, 2.45) is 0 Å². The molecule has 0 saturated heterocycles. The number of allylic oxidation sites excluding steroid dienone is 2. The van der Waals surface area contributed by atoms with Crippen LogP contribution in [-0.4, -0.2) is 5.71 Å². The molecule has 0 bridgehead atoms. The molecule has 1 rings (SSSR count). The second-order valence-electron chi connectivity index (χ2n) is 3.90. The van der Waals surface area contributed by atoms with Gasteiger partial charge in [0.1, 0.15) is 0 Å². The zero-order valence-corrected chi connectivity index (χ0v) is 9.04. The summed E-state index contributed by atoms with van der Waals surface area (Å²) in [6, 6.07) is 10.2. The van der Waals surface area contributed by atoms with Gasteiger partial charge in [-0.3, -0.25) is 0 Å². The van der Waals surface area contributed by atoms with Crippen molar-refractivity contribution in [3.63, 3.8) is 0 Å². The van der Waals surface area contributed by atoms with E-state index in [1.165, 1.54) is 5.56 Å². The van der Waals surface area contributed by atoms with Crippen molar-refractivity contribution in [1.29, 1.82) is 5.41 Å². The Morgan fingerprint density at radius 2 is 1.79 bits per heavy atom. The van der Waals surface area contributed by atoms with E-state index in [0.717, 1.165) is 0 Å². The Morgan fingerprint density at radius 1 is 1.21 bits per heavy atom. The maximum absolute atomic E-state index is 7.94. The fraction of sp³-hybridized carbons (Fsp3) is 0.308. The van der Waals surface area contributed by atoms with Crippen molar-refractivity contribution in [3.05, 3.63) is 48.0 Å². The van der Waals surface area contributed by atoms with Crippen LogP contribution in [0.3, 0.4) is 0 Å². The molecule has 0 saturated carbocycles. The van der Waals surface area contributed by atoms with Crippen LogP contribution in [0.5, 0.6) is 0 Å². The third kappa shape index (κ3) is 2.11. The van der Waals surface area contributed by atoms with Crippen LogP contribution in [0.1, 0.15) is 26.3 Å². The normalized spacial score (nSPS) is 11.9. The summed E-state index contributed by atoms with van der Waals surface area (Å²) in [5, 5.41) is 7.94. The Bertz CT molecular complexity index is 334. The molecular formula is C13H17N. The molecule has 0 amide bonds. The molecule has 74 valence electrons. The quantitative estimate of drug-likeness (QED) is 0.700. The van der Waals surface area contributed by atoms with Crippen LogP contribution in [0.4, 0.5) is 0 Å². The Morgan fingerprint density at radius 3 is 2.29 bits per heavy atom. The summed E-state index contributed by atoms with van der Waals surface area (Å²) in [4.78, 5) is 0. The molecular weight excluding hydrogens is 170 g/mol. The van der Waals surface area contributed by atoms with Gasteiger partial charge in [0.2, 0.25) is 0 Å². The van der Waals surface area contributed by atoms with Gasteiger partial charge in [-0.05, 0) is 18.6 Å². The number of hydrogen-bond donors (Lipinski definition) is 1. The molecule has 0 aliphatic carbocycles. The minimum absolute atomic E-state index is 0.201. The van der Waals surface area contributed by atoms with Crippen molar-refractivity contribution >= 4 is 5.71 Å². The van der Waals surface area contributed by atoms with Crippen molar-refractivity contribution < 1.29 is 0 Å². The lowest BCUT2D eigenvalue weighted by molar-refractivity contribution is 0.716. The number of benzene rings is 1. The molecule has 0 radical (unpaired) electrons. The van der Waals surface area contributed by atoms with E-state index in [4.69, 9.17) is 5.41 Å². The first-order valence-corrected chi connectivity index (χ1v) is 4.86. The van der Waals surface area contributed by atoms with Gasteiger partial charge < -0.3 is 5.41 Å². The highest BCUT2D eigenvalue weighted by Gasteiger charge is 2.23. The molecule has 0 aliphatic rings. The molecule has 0 atom stereocenters. The molecule has 0 aromatic heterocycles. The first kappa shape index (κ1) is 10.7. The molecule has 1 aromatic carbocycles. The molecule has 14 heavy (non-hydrogen) atoms. The van der Waals surface area contributed by atoms with Crippen molar-refractivity contribution in [2.75, 3.05) is 0 Å². The van der Waals surface area contributed by atoms with Crippen LogP contribution in [0, 0.1) is 5.41 Å². The SMILES string of the molecule is C/C=C\C(=N)C(C)(C)c1ccccc1. The topological polar surface area (TPSA) is 23.9 Å². The largest absolute Gasteiger partial charge is 0.304 e. The van der Waals surface area contributed by atoms with Gasteiger partial charge in [0, 0.05) is 11.1 Å². The van der Waals surface area contributed by atoms with E-state index >= 15 is 0 Å². The summed E-state index contributed by atoms with van der Waals surface area (Å²) in [6.45, 7) is 6.09. The van der Waals surface area contributed by atoms with Crippen LogP contribution < -0.4 is 0 Å². The smallest absolute Gasteiger partial charge is 0.0410 e. The van der Waals surface area contributed by atoms with Gasteiger partial charge in [-0.25, -0.2) is 0 Å². The highest BCUT2D eigenvalue weighted by Crippen LogP contribution is 2.24. The second kappa shape index (κ2) is 4.23. The third-order valence-corrected chi connectivity index (χ3v) is 2.50. The van der Waals surface area contributed by atoms with Gasteiger partial charge in [-0.15, -0.1) is 0 Å². The maximum Gasteiger partial charge on any atom is 0.0410 e. The van der Waals surface area contributed by atoms with E-state index in [2.05, 4.69) is 26.0 Å². The fourth-order valence-electron chi connectivity index (χ4n) is 1.39. The first-order valence-electron chi connectivity index (χ1n) is 4.86. The summed E-state index contributed by atoms with van der Waals surface area (Å²) in [6.07, 6.45) is 3.76. The van der Waals surface area contributed by atoms with E-state index < -0.39 is 0 Å². The Labute approximate surface area is 86.0 Å². The van der Waals surface area contributed by atoms with Gasteiger partial charge >= 0.3 is 0 Å². The second-order valence-corrected chi connectivity index (χ2v) is 3.90. The lowest BCUT2D eigenvalue weighted by Gasteiger charge is -2.24. The zero-order valence-electron chi connectivity index (χ0n) is 9.04. The van der Waals surface area contributed by atoms with E-state index in [1.54, 1.807) is 0 Å². The molecule has 0 unspecified atom stereocenters. The van der Waals surface area contributed by atoms with Gasteiger partial charge in [0.15, 0.2) is 0 Å². The number of hydrogen-bond acceptors (Lipinski definition) is 1. The van der Waals surface area contributed by atoms with Crippen LogP contribution in [0.15, 0.2) is 42.5 Å². The lowest BCUT2D eigenvalue weighted by Crippen LogP contribution is -2.26. The minimum Gasteiger partial charge on any atom is -0.304 e. The molecule has 1 N–H and O–H groups in total. The highest BCUT2D eigenvalue weighted by molar-refractivity contribution is 6.00.